The molecule has 1 saturated carbocycles. The number of nitrogens with one attached hydrogen (secondary N) is 1. The minimum atomic E-state index is -0.0444. The van der Waals surface area contributed by atoms with E-state index in [1.54, 1.807) is 6.20 Å². The third-order valence-corrected chi connectivity index (χ3v) is 5.63. The van der Waals surface area contributed by atoms with E-state index in [-0.39, 0.29) is 29.7 Å². The Morgan fingerprint density at radius 2 is 1.88 bits per heavy atom. The molecule has 0 spiro atoms. The van der Waals surface area contributed by atoms with Gasteiger partial charge in [-0.25, -0.2) is 4.98 Å². The van der Waals surface area contributed by atoms with E-state index < -0.39 is 0 Å². The number of aromatic nitrogens is 2. The van der Waals surface area contributed by atoms with E-state index in [4.69, 9.17) is 0 Å². The Labute approximate surface area is 142 Å². The monoisotopic (exact) mass is 330 g/mol. The van der Waals surface area contributed by atoms with Crippen molar-refractivity contribution < 1.29 is 9.59 Å². The molecule has 3 heterocycles. The van der Waals surface area contributed by atoms with Crippen molar-refractivity contribution in [2.45, 2.75) is 51.0 Å². The van der Waals surface area contributed by atoms with Crippen molar-refractivity contribution in [1.82, 2.24) is 19.8 Å². The summed E-state index contributed by atoms with van der Waals surface area (Å²) < 4.78 is 0. The number of carbonyl (C=O) groups is 2. The highest BCUT2D eigenvalue weighted by Crippen LogP contribution is 2.34. The van der Waals surface area contributed by atoms with Gasteiger partial charge in [0.25, 0.3) is 0 Å². The predicted molar refractivity (Wildman–Crippen MR) is 88.9 cm³/mol. The molecule has 3 aliphatic rings. The van der Waals surface area contributed by atoms with Crippen LogP contribution in [0.1, 0.15) is 56.8 Å². The van der Waals surface area contributed by atoms with Gasteiger partial charge in [-0.3, -0.25) is 9.59 Å². The molecule has 2 amide bonds. The fourth-order valence-electron chi connectivity index (χ4n) is 4.14. The van der Waals surface area contributed by atoms with Gasteiger partial charge in [-0.05, 0) is 44.9 Å². The first-order valence-electron chi connectivity index (χ1n) is 9.32. The van der Waals surface area contributed by atoms with Crippen molar-refractivity contribution in [1.29, 1.82) is 0 Å². The van der Waals surface area contributed by atoms with Crippen LogP contribution in [0.2, 0.25) is 0 Å². The Hall–Kier alpha value is -1.85. The van der Waals surface area contributed by atoms with Gasteiger partial charge in [0.2, 0.25) is 11.8 Å². The van der Waals surface area contributed by atoms with Crippen LogP contribution in [-0.4, -0.2) is 51.2 Å². The van der Waals surface area contributed by atoms with Gasteiger partial charge in [0, 0.05) is 37.9 Å². The summed E-state index contributed by atoms with van der Waals surface area (Å²) in [6, 6.07) is 0.0655. The van der Waals surface area contributed by atoms with Gasteiger partial charge in [-0.1, -0.05) is 0 Å². The number of H-pyrrole nitrogens is 1. The summed E-state index contributed by atoms with van der Waals surface area (Å²) in [4.78, 5) is 37.0. The van der Waals surface area contributed by atoms with Crippen LogP contribution in [0, 0.1) is 11.8 Å². The smallest absolute Gasteiger partial charge is 0.228 e. The normalized spacial score (nSPS) is 28.0. The van der Waals surface area contributed by atoms with Crippen molar-refractivity contribution in [3.05, 3.63) is 18.2 Å². The Bertz CT molecular complexity index is 596. The number of carbonyl (C=O) groups excluding carboxylic acids is 2. The molecule has 24 heavy (non-hydrogen) atoms. The molecule has 6 nitrogen and oxygen atoms in total. The summed E-state index contributed by atoms with van der Waals surface area (Å²) in [5.74, 6) is 1.57. The first-order valence-corrected chi connectivity index (χ1v) is 9.32. The second-order valence-electron chi connectivity index (χ2n) is 7.42. The zero-order chi connectivity index (χ0) is 16.5. The van der Waals surface area contributed by atoms with Gasteiger partial charge in [-0.15, -0.1) is 0 Å². The van der Waals surface area contributed by atoms with Crippen LogP contribution in [0.5, 0.6) is 0 Å². The fraction of sp³-hybridized carbons (Fsp3) is 0.722. The SMILES string of the molecule is O=C(C1CC1)N1CCC[C@@H](C(=O)N2CCCC[C@H]2c2ncc[nH]2)C1. The van der Waals surface area contributed by atoms with Gasteiger partial charge < -0.3 is 14.8 Å². The molecule has 6 heteroatoms. The largest absolute Gasteiger partial charge is 0.347 e. The molecule has 1 aromatic rings. The summed E-state index contributed by atoms with van der Waals surface area (Å²) in [6.45, 7) is 2.23. The average molecular weight is 330 g/mol. The fourth-order valence-corrected chi connectivity index (χ4v) is 4.14. The predicted octanol–water partition coefficient (Wildman–Crippen LogP) is 2.11. The second-order valence-corrected chi connectivity index (χ2v) is 7.42. The Balaban J connectivity index is 1.45. The van der Waals surface area contributed by atoms with Crippen LogP contribution >= 0.6 is 0 Å². The van der Waals surface area contributed by atoms with Crippen LogP contribution < -0.4 is 0 Å². The number of imidazole rings is 1. The number of likely N-dealkylation sites (tertiary alicyclic amines) is 2. The maximum absolute atomic E-state index is 13.2. The third kappa shape index (κ3) is 3.06. The Morgan fingerprint density at radius 3 is 2.62 bits per heavy atom. The molecule has 1 aromatic heterocycles. The lowest BCUT2D eigenvalue weighted by Gasteiger charge is -2.39. The Morgan fingerprint density at radius 1 is 1.00 bits per heavy atom. The summed E-state index contributed by atoms with van der Waals surface area (Å²) in [5, 5.41) is 0. The van der Waals surface area contributed by atoms with E-state index in [1.165, 1.54) is 0 Å². The van der Waals surface area contributed by atoms with Crippen molar-refractivity contribution in [2.24, 2.45) is 11.8 Å². The second kappa shape index (κ2) is 6.57. The third-order valence-electron chi connectivity index (χ3n) is 5.63. The number of rotatable bonds is 3. The van der Waals surface area contributed by atoms with E-state index in [9.17, 15) is 9.59 Å². The highest BCUT2D eigenvalue weighted by molar-refractivity contribution is 5.83. The lowest BCUT2D eigenvalue weighted by atomic mass is 9.93. The molecule has 0 bridgehead atoms. The highest BCUT2D eigenvalue weighted by atomic mass is 16.2. The molecule has 4 rings (SSSR count). The molecular formula is C18H26N4O2. The first kappa shape index (κ1) is 15.7. The van der Waals surface area contributed by atoms with Crippen LogP contribution in [0.15, 0.2) is 12.4 Å². The number of aromatic amines is 1. The summed E-state index contributed by atoms with van der Waals surface area (Å²) in [5.41, 5.74) is 0. The standard InChI is InChI=1S/C18H26N4O2/c23-17(13-6-7-13)21-10-3-4-14(12-21)18(24)22-11-2-1-5-15(22)16-19-8-9-20-16/h8-9,13-15H,1-7,10-12H2,(H,19,20)/t14-,15+/m1/s1. The summed E-state index contributed by atoms with van der Waals surface area (Å²) >= 11 is 0. The van der Waals surface area contributed by atoms with Gasteiger partial charge in [0.15, 0.2) is 0 Å². The summed E-state index contributed by atoms with van der Waals surface area (Å²) in [7, 11) is 0. The first-order chi connectivity index (χ1) is 11.7. The molecule has 1 aliphatic carbocycles. The van der Waals surface area contributed by atoms with Gasteiger partial charge in [0.1, 0.15) is 5.82 Å². The molecule has 2 saturated heterocycles. The quantitative estimate of drug-likeness (QED) is 0.923. The molecule has 0 unspecified atom stereocenters. The van der Waals surface area contributed by atoms with Crippen molar-refractivity contribution in [3.8, 4) is 0 Å². The topological polar surface area (TPSA) is 69.3 Å². The molecule has 3 fully saturated rings. The van der Waals surface area contributed by atoms with Crippen LogP contribution in [0.4, 0.5) is 0 Å². The molecule has 2 atom stereocenters. The van der Waals surface area contributed by atoms with Crippen molar-refractivity contribution in [2.75, 3.05) is 19.6 Å². The maximum atomic E-state index is 13.2. The van der Waals surface area contributed by atoms with E-state index >= 15 is 0 Å². The number of hydrogen-bond acceptors (Lipinski definition) is 3. The highest BCUT2D eigenvalue weighted by Gasteiger charge is 2.39. The van der Waals surface area contributed by atoms with E-state index in [0.717, 1.165) is 63.9 Å². The lowest BCUT2D eigenvalue weighted by Crippen LogP contribution is -2.49. The van der Waals surface area contributed by atoms with Crippen LogP contribution in [0.3, 0.4) is 0 Å². The molecule has 0 aromatic carbocycles. The lowest BCUT2D eigenvalue weighted by molar-refractivity contribution is -0.144. The van der Waals surface area contributed by atoms with Crippen LogP contribution in [-0.2, 0) is 9.59 Å². The minimum absolute atomic E-state index is 0.0444. The maximum Gasteiger partial charge on any atom is 0.228 e. The zero-order valence-electron chi connectivity index (χ0n) is 14.1. The van der Waals surface area contributed by atoms with Gasteiger partial charge in [-0.2, -0.15) is 0 Å². The number of hydrogen-bond donors (Lipinski definition) is 1. The van der Waals surface area contributed by atoms with Gasteiger partial charge in [0.05, 0.1) is 12.0 Å². The average Bonchev–Trinajstić information content (AvgIpc) is 3.35. The molecule has 2 aliphatic heterocycles. The van der Waals surface area contributed by atoms with Crippen molar-refractivity contribution >= 4 is 11.8 Å². The zero-order valence-corrected chi connectivity index (χ0v) is 14.1. The Kier molecular flexibility index (Phi) is 4.29. The van der Waals surface area contributed by atoms with E-state index in [2.05, 4.69) is 9.97 Å². The van der Waals surface area contributed by atoms with Crippen molar-refractivity contribution in [3.63, 3.8) is 0 Å². The molecule has 130 valence electrons. The molecule has 0 radical (unpaired) electrons. The molecular weight excluding hydrogens is 304 g/mol. The summed E-state index contributed by atoms with van der Waals surface area (Å²) in [6.07, 6.45) is 10.6. The van der Waals surface area contributed by atoms with E-state index in [0.29, 0.717) is 6.54 Å². The van der Waals surface area contributed by atoms with Crippen LogP contribution in [0.25, 0.3) is 0 Å². The number of amides is 2. The number of piperidine rings is 2. The van der Waals surface area contributed by atoms with E-state index in [1.807, 2.05) is 16.0 Å². The molecule has 1 N–H and O–H groups in total. The number of nitrogens with zero attached hydrogens (tertiary/aromatic N) is 3. The minimum Gasteiger partial charge on any atom is -0.347 e. The van der Waals surface area contributed by atoms with Gasteiger partial charge >= 0.3 is 0 Å².